The van der Waals surface area contributed by atoms with Crippen LogP contribution in [0.5, 0.6) is 11.5 Å². The summed E-state index contributed by atoms with van der Waals surface area (Å²) in [6, 6.07) is 9.62. The van der Waals surface area contributed by atoms with Crippen LogP contribution in [0.3, 0.4) is 0 Å². The molecule has 2 aromatic carbocycles. The van der Waals surface area contributed by atoms with Gasteiger partial charge in [0.1, 0.15) is 11.5 Å². The molecule has 0 aromatic heterocycles. The number of nitrogens with zero attached hydrogens (tertiary/aromatic N) is 1. The zero-order valence-corrected chi connectivity index (χ0v) is 15.4. The molecule has 2 N–H and O–H groups in total. The fourth-order valence-corrected chi connectivity index (χ4v) is 2.21. The van der Waals surface area contributed by atoms with Crippen LogP contribution in [0.25, 0.3) is 0 Å². The number of benzene rings is 2. The number of rotatable bonds is 5. The zero-order chi connectivity index (χ0) is 19.1. The molecule has 0 bridgehead atoms. The largest absolute Gasteiger partial charge is 0.497 e. The van der Waals surface area contributed by atoms with Gasteiger partial charge in [0.25, 0.3) is 0 Å². The Morgan fingerprint density at radius 3 is 2.42 bits per heavy atom. The van der Waals surface area contributed by atoms with Crippen LogP contribution in [0.4, 0.5) is 5.69 Å². The number of carbonyl (C=O) groups excluding carboxylic acids is 2. The molecule has 0 heterocycles. The van der Waals surface area contributed by atoms with E-state index in [0.29, 0.717) is 32.8 Å². The van der Waals surface area contributed by atoms with E-state index in [1.54, 1.807) is 30.3 Å². The summed E-state index contributed by atoms with van der Waals surface area (Å²) in [4.78, 5) is 23.8. The van der Waals surface area contributed by atoms with E-state index in [-0.39, 0.29) is 0 Å². The Kier molecular flexibility index (Phi) is 6.82. The minimum atomic E-state index is -0.953. The van der Waals surface area contributed by atoms with Gasteiger partial charge in [0.2, 0.25) is 0 Å². The SMILES string of the molecule is COc1ccc(OC)c(NC(=O)C(=O)N/N=C\c2ccc(Cl)c(Cl)c2)c1. The highest BCUT2D eigenvalue weighted by Crippen LogP contribution is 2.28. The van der Waals surface area contributed by atoms with Crippen LogP contribution in [0, 0.1) is 0 Å². The number of hydrogen-bond donors (Lipinski definition) is 2. The van der Waals surface area contributed by atoms with Crippen molar-refractivity contribution in [1.29, 1.82) is 0 Å². The molecule has 0 aliphatic heterocycles. The average molecular weight is 396 g/mol. The first-order valence-electron chi connectivity index (χ1n) is 7.26. The molecule has 0 atom stereocenters. The number of ether oxygens (including phenoxy) is 2. The van der Waals surface area contributed by atoms with Crippen molar-refractivity contribution in [3.63, 3.8) is 0 Å². The molecule has 2 amide bonds. The highest BCUT2D eigenvalue weighted by atomic mass is 35.5. The van der Waals surface area contributed by atoms with Gasteiger partial charge in [0, 0.05) is 6.07 Å². The summed E-state index contributed by atoms with van der Waals surface area (Å²) in [5, 5.41) is 6.90. The van der Waals surface area contributed by atoms with Crippen LogP contribution < -0.4 is 20.2 Å². The van der Waals surface area contributed by atoms with Gasteiger partial charge in [-0.05, 0) is 29.8 Å². The van der Waals surface area contributed by atoms with E-state index >= 15 is 0 Å². The Morgan fingerprint density at radius 2 is 1.77 bits per heavy atom. The van der Waals surface area contributed by atoms with Gasteiger partial charge in [0.05, 0.1) is 36.2 Å². The fraction of sp³-hybridized carbons (Fsp3) is 0.118. The molecule has 0 aliphatic carbocycles. The Balaban J connectivity index is 2.00. The lowest BCUT2D eigenvalue weighted by Crippen LogP contribution is -2.32. The van der Waals surface area contributed by atoms with Crippen LogP contribution in [0.1, 0.15) is 5.56 Å². The molecule has 2 rings (SSSR count). The van der Waals surface area contributed by atoms with E-state index in [1.807, 2.05) is 0 Å². The van der Waals surface area contributed by atoms with Gasteiger partial charge in [0.15, 0.2) is 0 Å². The van der Waals surface area contributed by atoms with Gasteiger partial charge in [-0.1, -0.05) is 29.3 Å². The highest BCUT2D eigenvalue weighted by molar-refractivity contribution is 6.42. The normalized spacial score (nSPS) is 10.5. The van der Waals surface area contributed by atoms with Crippen LogP contribution in [-0.4, -0.2) is 32.2 Å². The zero-order valence-electron chi connectivity index (χ0n) is 13.9. The lowest BCUT2D eigenvalue weighted by atomic mass is 10.2. The van der Waals surface area contributed by atoms with Crippen LogP contribution in [-0.2, 0) is 9.59 Å². The summed E-state index contributed by atoms with van der Waals surface area (Å²) >= 11 is 11.7. The molecule has 0 aliphatic rings. The average Bonchev–Trinajstić information content (AvgIpc) is 2.64. The molecule has 2 aromatic rings. The Hall–Kier alpha value is -2.77. The van der Waals surface area contributed by atoms with E-state index in [4.69, 9.17) is 32.7 Å². The second-order valence-corrected chi connectivity index (χ2v) is 5.71. The van der Waals surface area contributed by atoms with Crippen molar-refractivity contribution < 1.29 is 19.1 Å². The number of methoxy groups -OCH3 is 2. The van der Waals surface area contributed by atoms with Crippen molar-refractivity contribution in [3.05, 3.63) is 52.0 Å². The lowest BCUT2D eigenvalue weighted by Gasteiger charge is -2.11. The number of carbonyl (C=O) groups is 2. The number of halogens is 2. The fourth-order valence-electron chi connectivity index (χ4n) is 1.90. The van der Waals surface area contributed by atoms with E-state index < -0.39 is 11.8 Å². The monoisotopic (exact) mass is 395 g/mol. The van der Waals surface area contributed by atoms with Crippen molar-refractivity contribution in [2.45, 2.75) is 0 Å². The molecule has 0 fully saturated rings. The maximum atomic E-state index is 12.0. The molecule has 7 nitrogen and oxygen atoms in total. The van der Waals surface area contributed by atoms with Gasteiger partial charge in [-0.2, -0.15) is 5.10 Å². The van der Waals surface area contributed by atoms with Crippen LogP contribution in [0.15, 0.2) is 41.5 Å². The Morgan fingerprint density at radius 1 is 1.00 bits per heavy atom. The Labute approximate surface area is 159 Å². The maximum absolute atomic E-state index is 12.0. The molecule has 0 unspecified atom stereocenters. The van der Waals surface area contributed by atoms with Crippen molar-refractivity contribution in [1.82, 2.24) is 5.43 Å². The second kappa shape index (κ2) is 9.07. The first kappa shape index (κ1) is 19.6. The number of anilines is 1. The predicted molar refractivity (Wildman–Crippen MR) is 100 cm³/mol. The molecule has 0 spiro atoms. The summed E-state index contributed by atoms with van der Waals surface area (Å²) in [6.45, 7) is 0. The minimum absolute atomic E-state index is 0.292. The van der Waals surface area contributed by atoms with Crippen LogP contribution >= 0.6 is 23.2 Å². The third-order valence-corrected chi connectivity index (χ3v) is 3.92. The lowest BCUT2D eigenvalue weighted by molar-refractivity contribution is -0.136. The van der Waals surface area contributed by atoms with E-state index in [1.165, 1.54) is 26.5 Å². The van der Waals surface area contributed by atoms with Crippen molar-refractivity contribution in [2.24, 2.45) is 5.10 Å². The van der Waals surface area contributed by atoms with Gasteiger partial charge in [-0.3, -0.25) is 9.59 Å². The van der Waals surface area contributed by atoms with E-state index in [0.717, 1.165) is 0 Å². The molecule has 26 heavy (non-hydrogen) atoms. The minimum Gasteiger partial charge on any atom is -0.497 e. The quantitative estimate of drug-likeness (QED) is 0.462. The summed E-state index contributed by atoms with van der Waals surface area (Å²) in [7, 11) is 2.93. The molecule has 0 radical (unpaired) electrons. The topological polar surface area (TPSA) is 89.0 Å². The third kappa shape index (κ3) is 5.11. The van der Waals surface area contributed by atoms with Gasteiger partial charge in [-0.15, -0.1) is 0 Å². The Bertz CT molecular complexity index is 856. The maximum Gasteiger partial charge on any atom is 0.329 e. The van der Waals surface area contributed by atoms with Gasteiger partial charge in [-0.25, -0.2) is 5.43 Å². The molecule has 9 heteroatoms. The molecular weight excluding hydrogens is 381 g/mol. The highest BCUT2D eigenvalue weighted by Gasteiger charge is 2.16. The standard InChI is InChI=1S/C17H15Cl2N3O4/c1-25-11-4-6-15(26-2)14(8-11)21-16(23)17(24)22-20-9-10-3-5-12(18)13(19)7-10/h3-9H,1-2H3,(H,21,23)(H,22,24)/b20-9-. The van der Waals surface area contributed by atoms with E-state index in [2.05, 4.69) is 15.8 Å². The van der Waals surface area contributed by atoms with Crippen molar-refractivity contribution >= 4 is 46.9 Å². The van der Waals surface area contributed by atoms with Crippen LogP contribution in [0.2, 0.25) is 10.0 Å². The summed E-state index contributed by atoms with van der Waals surface area (Å²) in [5.41, 5.74) is 3.02. The summed E-state index contributed by atoms with van der Waals surface area (Å²) in [5.74, 6) is -0.987. The predicted octanol–water partition coefficient (Wildman–Crippen LogP) is 3.10. The number of hydrazone groups is 1. The van der Waals surface area contributed by atoms with Gasteiger partial charge < -0.3 is 14.8 Å². The van der Waals surface area contributed by atoms with E-state index in [9.17, 15) is 9.59 Å². The molecular formula is C17H15Cl2N3O4. The first-order valence-corrected chi connectivity index (χ1v) is 8.01. The smallest absolute Gasteiger partial charge is 0.329 e. The number of hydrogen-bond acceptors (Lipinski definition) is 5. The summed E-state index contributed by atoms with van der Waals surface area (Å²) in [6.07, 6.45) is 1.33. The van der Waals surface area contributed by atoms with Gasteiger partial charge >= 0.3 is 11.8 Å². The number of nitrogens with one attached hydrogen (secondary N) is 2. The third-order valence-electron chi connectivity index (χ3n) is 3.18. The van der Waals surface area contributed by atoms with Crippen molar-refractivity contribution in [2.75, 3.05) is 19.5 Å². The number of amides is 2. The first-order chi connectivity index (χ1) is 12.4. The second-order valence-electron chi connectivity index (χ2n) is 4.89. The molecule has 0 saturated heterocycles. The van der Waals surface area contributed by atoms with Crippen molar-refractivity contribution in [3.8, 4) is 11.5 Å². The molecule has 0 saturated carbocycles. The summed E-state index contributed by atoms with van der Waals surface area (Å²) < 4.78 is 10.2. The molecule has 136 valence electrons.